The Morgan fingerprint density at radius 1 is 1.00 bits per heavy atom. The van der Waals surface area contributed by atoms with Crippen LogP contribution < -0.4 is 15.8 Å². The fourth-order valence-electron chi connectivity index (χ4n) is 9.48. The molecule has 1 aromatic heterocycles. The minimum absolute atomic E-state index is 0.117. The molecule has 11 heteroatoms. The number of likely N-dealkylation sites (tertiary alicyclic amines) is 2. The zero-order valence-electron chi connectivity index (χ0n) is 34.1. The molecular formula is C47H53ClN6O3S. The summed E-state index contributed by atoms with van der Waals surface area (Å²) in [6, 6.07) is 21.0. The number of piperidine rings is 2. The van der Waals surface area contributed by atoms with Crippen LogP contribution in [0.3, 0.4) is 0 Å². The van der Waals surface area contributed by atoms with Crippen LogP contribution in [0.15, 0.2) is 72.2 Å². The van der Waals surface area contributed by atoms with Crippen molar-refractivity contribution in [2.45, 2.75) is 91.0 Å². The Labute approximate surface area is 352 Å². The van der Waals surface area contributed by atoms with Crippen LogP contribution in [0, 0.1) is 42.1 Å². The number of carbonyl (C=O) groups is 2. The second kappa shape index (κ2) is 17.3. The number of rotatable bonds is 9. The Morgan fingerprint density at radius 2 is 1.67 bits per heavy atom. The largest absolute Gasteiger partial charge is 0.489 e. The molecule has 3 heterocycles. The Balaban J connectivity index is 0.834. The maximum Gasteiger partial charge on any atom is 0.251 e. The second-order valence-electron chi connectivity index (χ2n) is 17.2. The molecule has 0 unspecified atom stereocenters. The first kappa shape index (κ1) is 41.4. The van der Waals surface area contributed by atoms with Gasteiger partial charge in [-0.2, -0.15) is 0 Å². The minimum atomic E-state index is -0.340. The summed E-state index contributed by atoms with van der Waals surface area (Å²) in [7, 11) is 0. The fourth-order valence-corrected chi connectivity index (χ4v) is 10.5. The highest BCUT2D eigenvalue weighted by Crippen LogP contribution is 2.55. The van der Waals surface area contributed by atoms with Crippen LogP contribution in [-0.4, -0.2) is 71.0 Å². The molecule has 2 amide bonds. The van der Waals surface area contributed by atoms with Gasteiger partial charge in [0.1, 0.15) is 11.9 Å². The van der Waals surface area contributed by atoms with Crippen LogP contribution in [0.1, 0.15) is 93.0 Å². The Hall–Kier alpha value is -4.71. The average Bonchev–Trinajstić information content (AvgIpc) is 3.66. The van der Waals surface area contributed by atoms with E-state index in [1.54, 1.807) is 29.5 Å². The first-order valence-electron chi connectivity index (χ1n) is 20.3. The number of aromatic nitrogens is 1. The van der Waals surface area contributed by atoms with E-state index >= 15 is 0 Å². The molecule has 4 aromatic rings. The zero-order valence-corrected chi connectivity index (χ0v) is 35.6. The predicted octanol–water partition coefficient (Wildman–Crippen LogP) is 9.08. The minimum Gasteiger partial charge on any atom is -0.489 e. The lowest BCUT2D eigenvalue weighted by molar-refractivity contribution is -0.164. The average molecular weight is 817 g/mol. The van der Waals surface area contributed by atoms with E-state index in [-0.39, 0.29) is 40.8 Å². The number of aryl methyl sites for hydroxylation is 1. The number of hydrogen-bond donors (Lipinski definition) is 2. The van der Waals surface area contributed by atoms with E-state index in [4.69, 9.17) is 28.6 Å². The Kier molecular flexibility index (Phi) is 12.3. The number of nitrogens with one attached hydrogen (secondary N) is 1. The van der Waals surface area contributed by atoms with Gasteiger partial charge >= 0.3 is 0 Å². The normalized spacial score (nSPS) is 21.2. The summed E-state index contributed by atoms with van der Waals surface area (Å²) in [5.74, 6) is 7.82. The van der Waals surface area contributed by atoms with Crippen molar-refractivity contribution in [1.29, 1.82) is 0 Å². The summed E-state index contributed by atoms with van der Waals surface area (Å²) in [5.41, 5.74) is 12.7. The molecule has 1 saturated carbocycles. The van der Waals surface area contributed by atoms with E-state index in [1.807, 2.05) is 53.7 Å². The van der Waals surface area contributed by atoms with Gasteiger partial charge in [0.05, 0.1) is 27.7 Å². The van der Waals surface area contributed by atoms with E-state index in [0.29, 0.717) is 40.4 Å². The molecule has 3 N–H and O–H groups in total. The molecule has 7 rings (SSSR count). The number of halogens is 1. The van der Waals surface area contributed by atoms with Crippen molar-refractivity contribution in [3.8, 4) is 28.0 Å². The summed E-state index contributed by atoms with van der Waals surface area (Å²) >= 11 is 7.89. The number of nitrogens with two attached hydrogens (primary N) is 1. The van der Waals surface area contributed by atoms with Crippen LogP contribution in [0.5, 0.6) is 5.75 Å². The highest BCUT2D eigenvalue weighted by Gasteiger charge is 2.64. The van der Waals surface area contributed by atoms with Gasteiger partial charge in [-0.1, -0.05) is 81.5 Å². The van der Waals surface area contributed by atoms with Crippen molar-refractivity contribution in [2.24, 2.45) is 22.5 Å². The predicted molar refractivity (Wildman–Crippen MR) is 232 cm³/mol. The topological polar surface area (TPSA) is 105 Å². The highest BCUT2D eigenvalue weighted by molar-refractivity contribution is 7.13. The molecule has 2 aliphatic heterocycles. The monoisotopic (exact) mass is 816 g/mol. The molecule has 0 radical (unpaired) electrons. The van der Waals surface area contributed by atoms with Gasteiger partial charge in [-0.05, 0) is 93.2 Å². The highest BCUT2D eigenvalue weighted by atomic mass is 35.5. The standard InChI is InChI=1S/C47H53ClN6O3S/c1-30-42(58-29-51-30)34-15-13-33(14-16-34)39(49)28-41(55)54-25-21-36(22-26-54)53-23-19-32(20-24-53)8-7-31-9-11-35(12-10-31)43(56)52-44-46(2,3)45(47(44,4)5)57-37-17-18-40(50-6)38(48)27-37/h9-18,27,29,32,36,39,44-45H,19-26,28,49H2,1-5H3,(H,52,56)/t39-,44?,45?/m0/s1. The summed E-state index contributed by atoms with van der Waals surface area (Å²) < 4.78 is 6.38. The lowest BCUT2D eigenvalue weighted by Gasteiger charge is -2.63. The smallest absolute Gasteiger partial charge is 0.251 e. The Bertz CT molecular complexity index is 2200. The van der Waals surface area contributed by atoms with E-state index in [1.165, 1.54) is 0 Å². The number of nitrogens with zero attached hydrogens (tertiary/aromatic N) is 4. The molecular weight excluding hydrogens is 764 g/mol. The molecule has 3 aliphatic rings. The molecule has 0 bridgehead atoms. The number of benzene rings is 3. The van der Waals surface area contributed by atoms with Crippen molar-refractivity contribution in [2.75, 3.05) is 26.2 Å². The maximum absolute atomic E-state index is 13.4. The van der Waals surface area contributed by atoms with Crippen LogP contribution in [0.25, 0.3) is 15.3 Å². The van der Waals surface area contributed by atoms with Gasteiger partial charge in [-0.25, -0.2) is 9.83 Å². The van der Waals surface area contributed by atoms with Crippen LogP contribution in [0.4, 0.5) is 5.69 Å². The second-order valence-corrected chi connectivity index (χ2v) is 18.5. The SMILES string of the molecule is [C-]#[N+]c1ccc(OC2C(C)(C)C(NC(=O)c3ccc(C#CC4CCN(C5CCN(C(=O)C[C@H](N)c6ccc(-c7scnc7C)cc6)CC5)CC4)cc3)C2(C)C)cc1Cl. The molecule has 3 fully saturated rings. The Morgan fingerprint density at radius 3 is 2.28 bits per heavy atom. The lowest BCUT2D eigenvalue weighted by atomic mass is 9.49. The van der Waals surface area contributed by atoms with Crippen molar-refractivity contribution in [1.82, 2.24) is 20.1 Å². The van der Waals surface area contributed by atoms with E-state index in [0.717, 1.165) is 79.1 Å². The van der Waals surface area contributed by atoms with Crippen LogP contribution in [-0.2, 0) is 4.79 Å². The van der Waals surface area contributed by atoms with Gasteiger partial charge < -0.3 is 25.6 Å². The summed E-state index contributed by atoms with van der Waals surface area (Å²) in [6.45, 7) is 21.2. The first-order valence-corrected chi connectivity index (χ1v) is 21.5. The molecule has 1 aliphatic carbocycles. The molecule has 3 aromatic carbocycles. The number of thiazole rings is 1. The number of hydrogen-bond acceptors (Lipinski definition) is 7. The number of carbonyl (C=O) groups excluding carboxylic acids is 2. The quantitative estimate of drug-likeness (QED) is 0.129. The third-order valence-electron chi connectivity index (χ3n) is 12.6. The van der Waals surface area contributed by atoms with E-state index in [2.05, 4.69) is 71.7 Å². The maximum atomic E-state index is 13.4. The third-order valence-corrected chi connectivity index (χ3v) is 13.9. The molecule has 2 saturated heterocycles. The molecule has 0 spiro atoms. The molecule has 58 heavy (non-hydrogen) atoms. The summed E-state index contributed by atoms with van der Waals surface area (Å²) in [5, 5.41) is 3.63. The van der Waals surface area contributed by atoms with Crippen molar-refractivity contribution < 1.29 is 14.3 Å². The van der Waals surface area contributed by atoms with Crippen molar-refractivity contribution in [3.05, 3.63) is 111 Å². The van der Waals surface area contributed by atoms with Gasteiger partial charge in [0.2, 0.25) is 11.6 Å². The van der Waals surface area contributed by atoms with Gasteiger partial charge in [-0.15, -0.1) is 11.3 Å². The number of amides is 2. The zero-order chi connectivity index (χ0) is 41.2. The molecule has 302 valence electrons. The van der Waals surface area contributed by atoms with Crippen molar-refractivity contribution >= 4 is 40.4 Å². The van der Waals surface area contributed by atoms with Gasteiger partial charge in [0.25, 0.3) is 5.91 Å². The van der Waals surface area contributed by atoms with Gasteiger partial charge in [0.15, 0.2) is 0 Å². The number of ether oxygens (including phenoxy) is 1. The fraction of sp³-hybridized carbons (Fsp3) is 0.447. The molecule has 9 nitrogen and oxygen atoms in total. The van der Waals surface area contributed by atoms with Crippen molar-refractivity contribution in [3.63, 3.8) is 0 Å². The molecule has 1 atom stereocenters. The third kappa shape index (κ3) is 8.82. The first-order chi connectivity index (χ1) is 27.7. The lowest BCUT2D eigenvalue weighted by Crippen LogP contribution is -2.74. The van der Waals surface area contributed by atoms with E-state index < -0.39 is 0 Å². The van der Waals surface area contributed by atoms with Crippen LogP contribution >= 0.6 is 22.9 Å². The van der Waals surface area contributed by atoms with Gasteiger partial charge in [-0.3, -0.25) is 9.59 Å². The van der Waals surface area contributed by atoms with Crippen LogP contribution in [0.2, 0.25) is 5.02 Å². The summed E-state index contributed by atoms with van der Waals surface area (Å²) in [6.07, 6.45) is 4.17. The summed E-state index contributed by atoms with van der Waals surface area (Å²) in [4.78, 5) is 40.2. The van der Waals surface area contributed by atoms with Gasteiger partial charge in [0, 0.05) is 65.5 Å². The van der Waals surface area contributed by atoms with E-state index in [9.17, 15) is 9.59 Å².